The van der Waals surface area contributed by atoms with Crippen LogP contribution in [0.3, 0.4) is 0 Å². The largest absolute Gasteiger partial charge is 0.379 e. The Kier molecular flexibility index (Phi) is 7.26. The molecule has 6 heteroatoms. The van der Waals surface area contributed by atoms with Gasteiger partial charge in [-0.1, -0.05) is 30.3 Å². The van der Waals surface area contributed by atoms with Crippen molar-refractivity contribution in [1.82, 2.24) is 10.2 Å². The van der Waals surface area contributed by atoms with Crippen LogP contribution < -0.4 is 5.32 Å². The van der Waals surface area contributed by atoms with E-state index in [9.17, 15) is 9.18 Å². The summed E-state index contributed by atoms with van der Waals surface area (Å²) in [4.78, 5) is 15.7. The summed E-state index contributed by atoms with van der Waals surface area (Å²) in [6.07, 6.45) is 0. The lowest BCUT2D eigenvalue weighted by Crippen LogP contribution is -2.48. The van der Waals surface area contributed by atoms with Gasteiger partial charge in [-0.05, 0) is 36.8 Å². The Morgan fingerprint density at radius 2 is 1.81 bits per heavy atom. The van der Waals surface area contributed by atoms with Gasteiger partial charge in [-0.15, -0.1) is 11.8 Å². The zero-order valence-electron chi connectivity index (χ0n) is 15.4. The van der Waals surface area contributed by atoms with Crippen LogP contribution in [0.4, 0.5) is 4.39 Å². The van der Waals surface area contributed by atoms with Crippen LogP contribution in [0.2, 0.25) is 0 Å². The number of carbonyl (C=O) groups is 1. The van der Waals surface area contributed by atoms with Crippen molar-refractivity contribution >= 4 is 17.7 Å². The van der Waals surface area contributed by atoms with Gasteiger partial charge in [0.25, 0.3) is 0 Å². The van der Waals surface area contributed by atoms with Gasteiger partial charge in [-0.3, -0.25) is 9.69 Å². The maximum atomic E-state index is 13.0. The fourth-order valence-electron chi connectivity index (χ4n) is 3.38. The molecule has 1 amide bonds. The average molecular weight is 389 g/mol. The first-order valence-electron chi connectivity index (χ1n) is 9.18. The van der Waals surface area contributed by atoms with E-state index in [1.165, 1.54) is 29.5 Å². The van der Waals surface area contributed by atoms with Gasteiger partial charge in [0.2, 0.25) is 5.91 Å². The highest BCUT2D eigenvalue weighted by Crippen LogP contribution is 2.26. The maximum Gasteiger partial charge on any atom is 0.230 e. The minimum absolute atomic E-state index is 0.0222. The Morgan fingerprint density at radius 3 is 2.48 bits per heavy atom. The summed E-state index contributed by atoms with van der Waals surface area (Å²) in [5.41, 5.74) is 1.19. The number of hydrogen-bond acceptors (Lipinski definition) is 4. The van der Waals surface area contributed by atoms with Crippen LogP contribution in [-0.2, 0) is 9.53 Å². The Hall–Kier alpha value is -1.89. The average Bonchev–Trinajstić information content (AvgIpc) is 2.69. The molecule has 0 bridgehead atoms. The molecule has 1 heterocycles. The van der Waals surface area contributed by atoms with Crippen molar-refractivity contribution in [1.29, 1.82) is 0 Å². The lowest BCUT2D eigenvalue weighted by Gasteiger charge is -2.38. The zero-order valence-corrected chi connectivity index (χ0v) is 16.3. The van der Waals surface area contributed by atoms with E-state index in [1.54, 1.807) is 12.1 Å². The smallest absolute Gasteiger partial charge is 0.230 e. The molecular weight excluding hydrogens is 363 g/mol. The highest BCUT2D eigenvalue weighted by Gasteiger charge is 2.28. The van der Waals surface area contributed by atoms with Crippen molar-refractivity contribution in [2.75, 3.05) is 32.1 Å². The van der Waals surface area contributed by atoms with Gasteiger partial charge in [-0.2, -0.15) is 0 Å². The van der Waals surface area contributed by atoms with Gasteiger partial charge >= 0.3 is 0 Å². The standard InChI is InChI=1S/C21H25FN2O2S/c1-16(23-20(25)15-27-19-9-7-18(22)8-10-19)21(17-5-3-2-4-6-17)24-11-13-26-14-12-24/h2-10,16,21H,11-15H2,1H3,(H,23,25)/t16-,21-/m0/s1. The Morgan fingerprint density at radius 1 is 1.15 bits per heavy atom. The normalized spacial score (nSPS) is 17.3. The van der Waals surface area contributed by atoms with Crippen molar-refractivity contribution in [2.24, 2.45) is 0 Å². The second kappa shape index (κ2) is 9.88. The van der Waals surface area contributed by atoms with Crippen LogP contribution in [0.5, 0.6) is 0 Å². The summed E-state index contributed by atoms with van der Waals surface area (Å²) in [6.45, 7) is 5.18. The third kappa shape index (κ3) is 5.79. The number of thioether (sulfide) groups is 1. The highest BCUT2D eigenvalue weighted by atomic mass is 32.2. The first-order valence-corrected chi connectivity index (χ1v) is 10.2. The third-order valence-electron chi connectivity index (χ3n) is 4.63. The van der Waals surface area contributed by atoms with E-state index in [-0.39, 0.29) is 23.8 Å². The first-order chi connectivity index (χ1) is 13.1. The van der Waals surface area contributed by atoms with Gasteiger partial charge in [0, 0.05) is 24.0 Å². The molecule has 1 N–H and O–H groups in total. The second-order valence-corrected chi connectivity index (χ2v) is 7.65. The number of rotatable bonds is 7. The molecule has 0 radical (unpaired) electrons. The predicted molar refractivity (Wildman–Crippen MR) is 106 cm³/mol. The Bertz CT molecular complexity index is 721. The number of amides is 1. The molecule has 1 aliphatic heterocycles. The number of nitrogens with one attached hydrogen (secondary N) is 1. The van der Waals surface area contributed by atoms with Crippen LogP contribution in [0.15, 0.2) is 59.5 Å². The Labute approximate surface area is 164 Å². The number of nitrogens with zero attached hydrogens (tertiary/aromatic N) is 1. The van der Waals surface area contributed by atoms with E-state index in [0.717, 1.165) is 18.0 Å². The maximum absolute atomic E-state index is 13.0. The number of morpholine rings is 1. The predicted octanol–water partition coefficient (Wildman–Crippen LogP) is 3.50. The van der Waals surface area contributed by atoms with E-state index in [1.807, 2.05) is 25.1 Å². The highest BCUT2D eigenvalue weighted by molar-refractivity contribution is 8.00. The minimum Gasteiger partial charge on any atom is -0.379 e. The molecule has 2 aromatic carbocycles. The van der Waals surface area contributed by atoms with Gasteiger partial charge in [0.1, 0.15) is 5.82 Å². The van der Waals surface area contributed by atoms with Gasteiger partial charge in [0.05, 0.1) is 25.0 Å². The molecular formula is C21H25FN2O2S. The molecule has 144 valence electrons. The van der Waals surface area contributed by atoms with Crippen LogP contribution in [0.25, 0.3) is 0 Å². The van der Waals surface area contributed by atoms with Gasteiger partial charge < -0.3 is 10.1 Å². The number of carbonyl (C=O) groups excluding carboxylic acids is 1. The van der Waals surface area contributed by atoms with Crippen molar-refractivity contribution in [2.45, 2.75) is 23.9 Å². The summed E-state index contributed by atoms with van der Waals surface area (Å²) in [6, 6.07) is 16.5. The van der Waals surface area contributed by atoms with E-state index < -0.39 is 0 Å². The summed E-state index contributed by atoms with van der Waals surface area (Å²) < 4.78 is 18.5. The zero-order chi connectivity index (χ0) is 19.1. The van der Waals surface area contributed by atoms with Crippen LogP contribution in [0.1, 0.15) is 18.5 Å². The van der Waals surface area contributed by atoms with Gasteiger partial charge in [-0.25, -0.2) is 4.39 Å². The lowest BCUT2D eigenvalue weighted by atomic mass is 9.98. The fourth-order valence-corrected chi connectivity index (χ4v) is 4.09. The summed E-state index contributed by atoms with van der Waals surface area (Å²) in [5.74, 6) is 0.0142. The molecule has 2 aromatic rings. The molecule has 0 spiro atoms. The third-order valence-corrected chi connectivity index (χ3v) is 5.64. The molecule has 1 aliphatic rings. The van der Waals surface area contributed by atoms with Crippen molar-refractivity contribution in [3.05, 3.63) is 66.0 Å². The molecule has 0 saturated carbocycles. The topological polar surface area (TPSA) is 41.6 Å². The SMILES string of the molecule is C[C@H](NC(=O)CSc1ccc(F)cc1)[C@@H](c1ccccc1)N1CCOCC1. The quantitative estimate of drug-likeness (QED) is 0.737. The Balaban J connectivity index is 1.61. The number of halogens is 1. The van der Waals surface area contributed by atoms with Crippen molar-refractivity contribution in [3.63, 3.8) is 0 Å². The van der Waals surface area contributed by atoms with Gasteiger partial charge in [0.15, 0.2) is 0 Å². The van der Waals surface area contributed by atoms with Crippen LogP contribution in [-0.4, -0.2) is 48.9 Å². The molecule has 0 aliphatic carbocycles. The molecule has 4 nitrogen and oxygen atoms in total. The van der Waals surface area contributed by atoms with E-state index in [0.29, 0.717) is 19.0 Å². The van der Waals surface area contributed by atoms with E-state index in [2.05, 4.69) is 22.3 Å². The van der Waals surface area contributed by atoms with Crippen molar-refractivity contribution in [3.8, 4) is 0 Å². The molecule has 1 fully saturated rings. The molecule has 1 saturated heterocycles. The summed E-state index contributed by atoms with van der Waals surface area (Å²) in [7, 11) is 0. The summed E-state index contributed by atoms with van der Waals surface area (Å²) >= 11 is 1.41. The molecule has 2 atom stereocenters. The van der Waals surface area contributed by atoms with Crippen molar-refractivity contribution < 1.29 is 13.9 Å². The summed E-state index contributed by atoms with van der Waals surface area (Å²) in [5, 5.41) is 3.14. The first kappa shape index (κ1) is 19.9. The number of benzene rings is 2. The molecule has 3 rings (SSSR count). The molecule has 0 aromatic heterocycles. The number of hydrogen-bond donors (Lipinski definition) is 1. The molecule has 27 heavy (non-hydrogen) atoms. The second-order valence-electron chi connectivity index (χ2n) is 6.60. The molecule has 0 unspecified atom stereocenters. The van der Waals surface area contributed by atoms with Crippen LogP contribution in [0, 0.1) is 5.82 Å². The van der Waals surface area contributed by atoms with E-state index in [4.69, 9.17) is 4.74 Å². The number of ether oxygens (including phenoxy) is 1. The minimum atomic E-state index is -0.270. The monoisotopic (exact) mass is 388 g/mol. The fraction of sp³-hybridized carbons (Fsp3) is 0.381. The van der Waals surface area contributed by atoms with E-state index >= 15 is 0 Å². The van der Waals surface area contributed by atoms with Crippen LogP contribution >= 0.6 is 11.8 Å². The lowest BCUT2D eigenvalue weighted by molar-refractivity contribution is -0.119.